The zero-order chi connectivity index (χ0) is 4.99. The molecule has 0 fully saturated rings. The first-order valence-corrected chi connectivity index (χ1v) is 2.08. The number of amides is 1. The number of hydrogen-bond donors (Lipinski definition) is 0. The lowest BCUT2D eigenvalue weighted by atomic mass is 10.8. The molecule has 0 aliphatic carbocycles. The van der Waals surface area contributed by atoms with E-state index in [9.17, 15) is 9.00 Å². The van der Waals surface area contributed by atoms with Crippen LogP contribution >= 0.6 is 0 Å². The van der Waals surface area contributed by atoms with Gasteiger partial charge < -0.3 is 8.57 Å². The van der Waals surface area contributed by atoms with E-state index in [1.54, 1.807) is 0 Å². The quantitative estimate of drug-likeness (QED) is 0.319. The van der Waals surface area contributed by atoms with Crippen LogP contribution in [0.2, 0.25) is 0 Å². The highest BCUT2D eigenvalue weighted by Gasteiger charge is 1.67. The lowest BCUT2D eigenvalue weighted by Gasteiger charge is -1.73. The molecule has 36 valence electrons. The summed E-state index contributed by atoms with van der Waals surface area (Å²) in [5.74, 6) is -0.410. The first kappa shape index (κ1) is 5.62. The van der Waals surface area contributed by atoms with Crippen molar-refractivity contribution in [3.63, 3.8) is 0 Å². The lowest BCUT2D eigenvalue weighted by Crippen LogP contribution is -1.75. The monoisotopic (exact) mass is 106 g/mol. The van der Waals surface area contributed by atoms with Crippen molar-refractivity contribution in [1.82, 2.24) is 0 Å². The maximum absolute atomic E-state index is 9.67. The van der Waals surface area contributed by atoms with E-state index in [2.05, 4.69) is 4.36 Å². The van der Waals surface area contributed by atoms with E-state index in [0.717, 1.165) is 0 Å². The molecule has 0 saturated heterocycles. The van der Waals surface area contributed by atoms with Crippen LogP contribution in [0.3, 0.4) is 0 Å². The number of thiol groups is 1. The van der Waals surface area contributed by atoms with Gasteiger partial charge in [-0.1, -0.05) is 0 Å². The molecule has 0 spiro atoms. The minimum absolute atomic E-state index is 0.410. The van der Waals surface area contributed by atoms with Crippen molar-refractivity contribution in [3.8, 4) is 0 Å². The molecular weight excluding hydrogens is 102 g/mol. The largest absolute Gasteiger partial charge is 0.447 e. The number of carbonyl (C=O) groups excluding carboxylic acids is 1. The molecular formula is C2H4NO2S-. The van der Waals surface area contributed by atoms with Gasteiger partial charge in [-0.15, -0.1) is 0 Å². The van der Waals surface area contributed by atoms with E-state index >= 15 is 0 Å². The topological polar surface area (TPSA) is 46.5 Å². The summed E-state index contributed by atoms with van der Waals surface area (Å²) in [7, 11) is 0. The molecule has 0 N–H and O–H groups in total. The molecule has 0 aliphatic heterocycles. The Bertz CT molecular complexity index is 104. The number of rotatable bonds is 0. The molecule has 0 aliphatic rings. The van der Waals surface area contributed by atoms with E-state index in [0.29, 0.717) is 0 Å². The highest BCUT2D eigenvalue weighted by atomic mass is 32.1. The Labute approximate surface area is 38.6 Å². The van der Waals surface area contributed by atoms with Gasteiger partial charge in [-0.3, -0.25) is 4.79 Å². The van der Waals surface area contributed by atoms with Crippen molar-refractivity contribution in [2.24, 2.45) is 4.36 Å². The minimum Gasteiger partial charge on any atom is -0.447 e. The normalized spacial score (nSPS) is 7.50. The SMILES string of the molecule is CC(=O)N=[SH-]=O. The summed E-state index contributed by atoms with van der Waals surface area (Å²) < 4.78 is 12.2. The van der Waals surface area contributed by atoms with Crippen molar-refractivity contribution in [2.75, 3.05) is 0 Å². The van der Waals surface area contributed by atoms with Gasteiger partial charge in [0.15, 0.2) is 0 Å². The van der Waals surface area contributed by atoms with Crippen LogP contribution in [0.1, 0.15) is 6.92 Å². The molecule has 0 saturated carbocycles. The van der Waals surface area contributed by atoms with Gasteiger partial charge in [0, 0.05) is 6.92 Å². The Hall–Kier alpha value is -0.380. The molecule has 0 aromatic carbocycles. The Morgan fingerprint density at radius 2 is 2.33 bits per heavy atom. The number of hydrogen-bond acceptors (Lipinski definition) is 3. The molecule has 0 aromatic rings. The van der Waals surface area contributed by atoms with Crippen molar-refractivity contribution < 1.29 is 9.00 Å². The van der Waals surface area contributed by atoms with Crippen LogP contribution in [0, 0.1) is 0 Å². The van der Waals surface area contributed by atoms with Crippen LogP contribution in [0.15, 0.2) is 4.36 Å². The van der Waals surface area contributed by atoms with Gasteiger partial charge in [-0.05, 0) is 0 Å². The predicted molar refractivity (Wildman–Crippen MR) is 22.6 cm³/mol. The van der Waals surface area contributed by atoms with Crippen LogP contribution in [0.25, 0.3) is 0 Å². The smallest absolute Gasteiger partial charge is 0.219 e. The zero-order valence-corrected chi connectivity index (χ0v) is 4.11. The van der Waals surface area contributed by atoms with Gasteiger partial charge in [-0.25, -0.2) is 0 Å². The molecule has 0 aromatic heterocycles. The minimum atomic E-state index is -0.451. The van der Waals surface area contributed by atoms with Crippen LogP contribution in [0.4, 0.5) is 0 Å². The van der Waals surface area contributed by atoms with Crippen molar-refractivity contribution in [1.29, 1.82) is 0 Å². The standard InChI is InChI=1S/C2H4NO2S/c1-2(4)3-6-5/h6H,1H3/q-1. The van der Waals surface area contributed by atoms with Gasteiger partial charge in [0.25, 0.3) is 0 Å². The Kier molecular flexibility index (Phi) is 2.66. The Morgan fingerprint density at radius 3 is 2.33 bits per heavy atom. The van der Waals surface area contributed by atoms with E-state index < -0.39 is 17.4 Å². The molecule has 4 heteroatoms. The molecule has 1 amide bonds. The summed E-state index contributed by atoms with van der Waals surface area (Å²) in [5.41, 5.74) is 0. The van der Waals surface area contributed by atoms with Crippen molar-refractivity contribution in [2.45, 2.75) is 6.92 Å². The van der Waals surface area contributed by atoms with Crippen LogP contribution in [-0.2, 0) is 20.5 Å². The molecule has 3 nitrogen and oxygen atoms in total. The zero-order valence-electron chi connectivity index (χ0n) is 3.21. The molecule has 6 heavy (non-hydrogen) atoms. The number of nitrogens with zero attached hydrogens (tertiary/aromatic N) is 1. The van der Waals surface area contributed by atoms with Gasteiger partial charge >= 0.3 is 0 Å². The van der Waals surface area contributed by atoms with Crippen LogP contribution < -0.4 is 0 Å². The molecule has 0 rings (SSSR count). The van der Waals surface area contributed by atoms with Gasteiger partial charge in [0.05, 0.1) is 0 Å². The second-order valence-corrected chi connectivity index (χ2v) is 1.06. The first-order valence-electron chi connectivity index (χ1n) is 1.31. The van der Waals surface area contributed by atoms with Crippen molar-refractivity contribution >= 4 is 17.4 Å². The molecule has 0 atom stereocenters. The number of carbonyl (C=O) groups is 1. The predicted octanol–water partition coefficient (Wildman–Crippen LogP) is -0.123. The Balaban J connectivity index is 3.60. The second kappa shape index (κ2) is 2.84. The maximum Gasteiger partial charge on any atom is 0.219 e. The lowest BCUT2D eigenvalue weighted by molar-refractivity contribution is -0.115. The van der Waals surface area contributed by atoms with E-state index in [1.165, 1.54) is 6.92 Å². The van der Waals surface area contributed by atoms with Crippen LogP contribution in [-0.4, -0.2) is 5.91 Å². The fourth-order valence-electron chi connectivity index (χ4n) is 0.0575. The van der Waals surface area contributed by atoms with Crippen LogP contribution in [0.5, 0.6) is 0 Å². The fraction of sp³-hybridized carbons (Fsp3) is 0.500. The van der Waals surface area contributed by atoms with E-state index in [-0.39, 0.29) is 0 Å². The summed E-state index contributed by atoms with van der Waals surface area (Å²) >= 11 is -0.451. The molecule has 0 bridgehead atoms. The van der Waals surface area contributed by atoms with E-state index in [4.69, 9.17) is 0 Å². The summed E-state index contributed by atoms with van der Waals surface area (Å²) in [6, 6.07) is 0. The average molecular weight is 106 g/mol. The molecule has 0 unspecified atom stereocenters. The summed E-state index contributed by atoms with van der Waals surface area (Å²) in [5, 5.41) is 0. The second-order valence-electron chi connectivity index (χ2n) is 0.701. The Morgan fingerprint density at radius 1 is 1.83 bits per heavy atom. The van der Waals surface area contributed by atoms with Crippen molar-refractivity contribution in [3.05, 3.63) is 0 Å². The maximum atomic E-state index is 9.67. The third kappa shape index (κ3) is 3.62. The average Bonchev–Trinajstić information content (AvgIpc) is 1.35. The van der Waals surface area contributed by atoms with Gasteiger partial charge in [-0.2, -0.15) is 11.5 Å². The van der Waals surface area contributed by atoms with Gasteiger partial charge in [0.1, 0.15) is 0 Å². The summed E-state index contributed by atoms with van der Waals surface area (Å²) in [6.45, 7) is 1.24. The molecule has 0 radical (unpaired) electrons. The highest BCUT2D eigenvalue weighted by molar-refractivity contribution is 7.55. The van der Waals surface area contributed by atoms with Gasteiger partial charge in [0.2, 0.25) is 5.91 Å². The highest BCUT2D eigenvalue weighted by Crippen LogP contribution is 1.62. The summed E-state index contributed by atoms with van der Waals surface area (Å²) in [6.07, 6.45) is 0. The third-order valence-electron chi connectivity index (χ3n) is 0.182. The fourth-order valence-corrected chi connectivity index (χ4v) is 0.172. The molecule has 0 heterocycles. The first-order chi connectivity index (χ1) is 2.77. The van der Waals surface area contributed by atoms with E-state index in [1.807, 2.05) is 0 Å². The summed E-state index contributed by atoms with van der Waals surface area (Å²) in [4.78, 5) is 9.67. The third-order valence-corrected chi connectivity index (χ3v) is 0.545.